The number of ether oxygens (including phenoxy) is 2. The van der Waals surface area contributed by atoms with Crippen LogP contribution in [0.2, 0.25) is 0 Å². The molecule has 0 radical (unpaired) electrons. The van der Waals surface area contributed by atoms with Crippen molar-refractivity contribution in [2.75, 3.05) is 26.7 Å². The maximum Gasteiger partial charge on any atom is 0.118 e. The summed E-state index contributed by atoms with van der Waals surface area (Å²) in [6, 6.07) is 8.21. The van der Waals surface area contributed by atoms with Gasteiger partial charge in [0.15, 0.2) is 0 Å². The molecule has 1 saturated heterocycles. The second-order valence-electron chi connectivity index (χ2n) is 4.85. The molecule has 4 nitrogen and oxygen atoms in total. The van der Waals surface area contributed by atoms with Crippen molar-refractivity contribution in [2.45, 2.75) is 25.7 Å². The van der Waals surface area contributed by atoms with Crippen LogP contribution in [-0.4, -0.2) is 43.9 Å². The smallest absolute Gasteiger partial charge is 0.118 e. The number of nitrogens with zero attached hydrogens (tertiary/aromatic N) is 1. The van der Waals surface area contributed by atoms with Gasteiger partial charge in [-0.05, 0) is 24.6 Å². The van der Waals surface area contributed by atoms with E-state index in [1.54, 1.807) is 7.11 Å². The Kier molecular flexibility index (Phi) is 4.58. The quantitative estimate of drug-likeness (QED) is 0.873. The monoisotopic (exact) mass is 250 g/mol. The Hall–Kier alpha value is -1.10. The minimum absolute atomic E-state index is 0.159. The fourth-order valence-corrected chi connectivity index (χ4v) is 2.39. The van der Waals surface area contributed by atoms with Gasteiger partial charge in [0.05, 0.1) is 19.3 Å². The van der Waals surface area contributed by atoms with Gasteiger partial charge in [-0.25, -0.2) is 0 Å². The van der Waals surface area contributed by atoms with Crippen molar-refractivity contribution in [3.05, 3.63) is 29.8 Å². The molecule has 1 aliphatic rings. The van der Waals surface area contributed by atoms with Crippen LogP contribution in [0.5, 0.6) is 5.75 Å². The maximum absolute atomic E-state index is 5.75. The van der Waals surface area contributed by atoms with E-state index in [0.717, 1.165) is 25.4 Å². The summed E-state index contributed by atoms with van der Waals surface area (Å²) in [4.78, 5) is 2.40. The summed E-state index contributed by atoms with van der Waals surface area (Å²) in [7, 11) is 1.69. The molecule has 0 bridgehead atoms. The molecule has 0 aromatic heterocycles. The highest BCUT2D eigenvalue weighted by Crippen LogP contribution is 2.16. The summed E-state index contributed by atoms with van der Waals surface area (Å²) in [6.07, 6.45) is 0.414. The van der Waals surface area contributed by atoms with Crippen LogP contribution < -0.4 is 10.5 Å². The number of methoxy groups -OCH3 is 1. The van der Waals surface area contributed by atoms with Gasteiger partial charge in [0.2, 0.25) is 0 Å². The average Bonchev–Trinajstić information content (AvgIpc) is 2.39. The molecule has 1 aromatic rings. The maximum atomic E-state index is 5.75. The van der Waals surface area contributed by atoms with Crippen LogP contribution in [0.25, 0.3) is 0 Å². The van der Waals surface area contributed by atoms with Crippen LogP contribution in [0.3, 0.4) is 0 Å². The molecule has 1 aromatic carbocycles. The van der Waals surface area contributed by atoms with E-state index in [4.69, 9.17) is 15.2 Å². The first-order valence-electron chi connectivity index (χ1n) is 6.42. The summed E-state index contributed by atoms with van der Waals surface area (Å²) >= 11 is 0. The van der Waals surface area contributed by atoms with Crippen LogP contribution in [0.1, 0.15) is 12.5 Å². The van der Waals surface area contributed by atoms with Crippen molar-refractivity contribution in [3.63, 3.8) is 0 Å². The molecule has 2 atom stereocenters. The highest BCUT2D eigenvalue weighted by Gasteiger charge is 2.23. The minimum atomic E-state index is 0.159. The molecule has 0 spiro atoms. The summed E-state index contributed by atoms with van der Waals surface area (Å²) < 4.78 is 10.9. The minimum Gasteiger partial charge on any atom is -0.497 e. The molecule has 2 rings (SSSR count). The third-order valence-electron chi connectivity index (χ3n) is 3.23. The van der Waals surface area contributed by atoms with E-state index >= 15 is 0 Å². The summed E-state index contributed by atoms with van der Waals surface area (Å²) in [6.45, 7) is 5.50. The predicted octanol–water partition coefficient (Wildman–Crippen LogP) is 1.24. The van der Waals surface area contributed by atoms with Gasteiger partial charge < -0.3 is 15.2 Å². The van der Waals surface area contributed by atoms with Gasteiger partial charge in [0.25, 0.3) is 0 Å². The van der Waals surface area contributed by atoms with Crippen molar-refractivity contribution < 1.29 is 9.47 Å². The zero-order valence-corrected chi connectivity index (χ0v) is 11.1. The summed E-state index contributed by atoms with van der Waals surface area (Å²) in [5.41, 5.74) is 6.98. The summed E-state index contributed by atoms with van der Waals surface area (Å²) in [5, 5.41) is 0. The van der Waals surface area contributed by atoms with Gasteiger partial charge in [0.1, 0.15) is 5.75 Å². The van der Waals surface area contributed by atoms with E-state index in [2.05, 4.69) is 24.0 Å². The Balaban J connectivity index is 1.95. The zero-order chi connectivity index (χ0) is 13.0. The van der Waals surface area contributed by atoms with E-state index in [9.17, 15) is 0 Å². The van der Waals surface area contributed by atoms with Gasteiger partial charge in [-0.2, -0.15) is 0 Å². The lowest BCUT2D eigenvalue weighted by Crippen LogP contribution is -2.48. The lowest BCUT2D eigenvalue weighted by Gasteiger charge is -2.36. The molecular weight excluding hydrogens is 228 g/mol. The van der Waals surface area contributed by atoms with Crippen LogP contribution in [0.4, 0.5) is 0 Å². The topological polar surface area (TPSA) is 47.7 Å². The van der Waals surface area contributed by atoms with Gasteiger partial charge in [-0.15, -0.1) is 0 Å². The first-order valence-corrected chi connectivity index (χ1v) is 6.42. The molecule has 0 aliphatic carbocycles. The van der Waals surface area contributed by atoms with Crippen LogP contribution in [0, 0.1) is 0 Å². The number of rotatable bonds is 4. The second kappa shape index (κ2) is 6.18. The Labute approximate surface area is 109 Å². The molecule has 100 valence electrons. The first kappa shape index (κ1) is 13.3. The first-order chi connectivity index (χ1) is 8.71. The number of hydrogen-bond donors (Lipinski definition) is 1. The molecule has 2 unspecified atom stereocenters. The predicted molar refractivity (Wildman–Crippen MR) is 71.7 cm³/mol. The Morgan fingerprint density at radius 3 is 2.67 bits per heavy atom. The Bertz CT molecular complexity index is 367. The molecule has 1 heterocycles. The number of nitrogens with two attached hydrogens (primary N) is 1. The van der Waals surface area contributed by atoms with Crippen LogP contribution in [-0.2, 0) is 11.3 Å². The molecule has 0 amide bonds. The van der Waals surface area contributed by atoms with Gasteiger partial charge >= 0.3 is 0 Å². The average molecular weight is 250 g/mol. The molecule has 1 aliphatic heterocycles. The van der Waals surface area contributed by atoms with Crippen LogP contribution >= 0.6 is 0 Å². The van der Waals surface area contributed by atoms with Gasteiger partial charge in [0, 0.05) is 26.2 Å². The SMILES string of the molecule is COc1ccc(CN2CC(C)OC(CN)C2)cc1. The number of morpholine rings is 1. The van der Waals surface area contributed by atoms with E-state index in [0.29, 0.717) is 6.54 Å². The highest BCUT2D eigenvalue weighted by molar-refractivity contribution is 5.27. The van der Waals surface area contributed by atoms with E-state index in [1.807, 2.05) is 12.1 Å². The molecule has 4 heteroatoms. The normalized spacial score (nSPS) is 25.1. The second-order valence-corrected chi connectivity index (χ2v) is 4.85. The van der Waals surface area contributed by atoms with Crippen molar-refractivity contribution in [1.82, 2.24) is 4.90 Å². The third kappa shape index (κ3) is 3.45. The number of hydrogen-bond acceptors (Lipinski definition) is 4. The molecule has 1 fully saturated rings. The highest BCUT2D eigenvalue weighted by atomic mass is 16.5. The van der Waals surface area contributed by atoms with Crippen molar-refractivity contribution in [3.8, 4) is 5.75 Å². The lowest BCUT2D eigenvalue weighted by atomic mass is 10.1. The fourth-order valence-electron chi connectivity index (χ4n) is 2.39. The molecule has 2 N–H and O–H groups in total. The van der Waals surface area contributed by atoms with Crippen molar-refractivity contribution >= 4 is 0 Å². The largest absolute Gasteiger partial charge is 0.497 e. The zero-order valence-electron chi connectivity index (χ0n) is 11.1. The lowest BCUT2D eigenvalue weighted by molar-refractivity contribution is -0.0745. The van der Waals surface area contributed by atoms with E-state index in [1.165, 1.54) is 5.56 Å². The Morgan fingerprint density at radius 2 is 2.06 bits per heavy atom. The van der Waals surface area contributed by atoms with Gasteiger partial charge in [-0.1, -0.05) is 12.1 Å². The van der Waals surface area contributed by atoms with Crippen LogP contribution in [0.15, 0.2) is 24.3 Å². The van der Waals surface area contributed by atoms with E-state index < -0.39 is 0 Å². The standard InChI is InChI=1S/C14H22N2O2/c1-11-8-16(10-14(7-15)18-11)9-12-3-5-13(17-2)6-4-12/h3-6,11,14H,7-10,15H2,1-2H3. The Morgan fingerprint density at radius 1 is 1.33 bits per heavy atom. The fraction of sp³-hybridized carbons (Fsp3) is 0.571. The van der Waals surface area contributed by atoms with Crippen molar-refractivity contribution in [1.29, 1.82) is 0 Å². The molecular formula is C14H22N2O2. The third-order valence-corrected chi connectivity index (χ3v) is 3.23. The molecule has 18 heavy (non-hydrogen) atoms. The van der Waals surface area contributed by atoms with Gasteiger partial charge in [-0.3, -0.25) is 4.90 Å². The summed E-state index contributed by atoms with van der Waals surface area (Å²) in [5.74, 6) is 0.897. The number of benzene rings is 1. The van der Waals surface area contributed by atoms with Crippen molar-refractivity contribution in [2.24, 2.45) is 5.73 Å². The van der Waals surface area contributed by atoms with E-state index in [-0.39, 0.29) is 12.2 Å². The molecule has 0 saturated carbocycles.